The molecule has 1 spiro atoms. The van der Waals surface area contributed by atoms with Crippen molar-refractivity contribution in [2.24, 2.45) is 0 Å². The molecular weight excluding hydrogens is 233 g/mol. The quantitative estimate of drug-likeness (QED) is 0.601. The third kappa shape index (κ3) is 1.66. The molecule has 0 aromatic carbocycles. The predicted octanol–water partition coefficient (Wildman–Crippen LogP) is 1.07. The molecule has 2 heterocycles. The van der Waals surface area contributed by atoms with E-state index < -0.39 is 14.6 Å². The third-order valence-electron chi connectivity index (χ3n) is 2.64. The molecule has 2 fully saturated rings. The zero-order valence-electron chi connectivity index (χ0n) is 8.44. The second-order valence-corrected chi connectivity index (χ2v) is 7.87. The van der Waals surface area contributed by atoms with Gasteiger partial charge in [-0.15, -0.1) is 0 Å². The molecule has 0 radical (unpaired) electrons. The van der Waals surface area contributed by atoms with E-state index in [4.69, 9.17) is 15.1 Å². The van der Waals surface area contributed by atoms with E-state index in [2.05, 4.69) is 0 Å². The fraction of sp³-hybridized carbons (Fsp3) is 1.00. The molecule has 0 N–H and O–H groups in total. The van der Waals surface area contributed by atoms with Crippen LogP contribution in [0.25, 0.3) is 0 Å². The third-order valence-corrected chi connectivity index (χ3v) is 8.19. The van der Waals surface area contributed by atoms with Gasteiger partial charge in [-0.3, -0.25) is 0 Å². The Bertz CT molecular complexity index is 165. The zero-order valence-corrected chi connectivity index (χ0v) is 10.5. The molecule has 5 heteroatoms. The van der Waals surface area contributed by atoms with Crippen molar-refractivity contribution in [2.75, 3.05) is 0 Å². The van der Waals surface area contributed by atoms with Gasteiger partial charge in [0.25, 0.3) is 0 Å². The molecule has 2 aliphatic rings. The van der Waals surface area contributed by atoms with E-state index in [9.17, 15) is 0 Å². The van der Waals surface area contributed by atoms with Crippen LogP contribution in [0.5, 0.6) is 0 Å². The Morgan fingerprint density at radius 1 is 0.615 bits per heavy atom. The first-order chi connectivity index (χ1) is 6.02. The van der Waals surface area contributed by atoms with Crippen molar-refractivity contribution >= 4 is 14.6 Å². The normalized spacial score (nSPS) is 56.3. The Morgan fingerprint density at radius 2 is 0.846 bits per heavy atom. The van der Waals surface area contributed by atoms with Crippen LogP contribution in [0.3, 0.4) is 0 Å². The van der Waals surface area contributed by atoms with Gasteiger partial charge in [0, 0.05) is 0 Å². The van der Waals surface area contributed by atoms with Crippen LogP contribution in [0, 0.1) is 0 Å². The summed E-state index contributed by atoms with van der Waals surface area (Å²) in [6.45, 7) is 7.96. The van der Waals surface area contributed by atoms with E-state index in [1.54, 1.807) is 0 Å². The molecule has 76 valence electrons. The van der Waals surface area contributed by atoms with Gasteiger partial charge in [0.05, 0.1) is 0 Å². The Kier molecular flexibility index (Phi) is 2.44. The summed E-state index contributed by atoms with van der Waals surface area (Å²) >= 11 is -3.25. The Hall–Kier alpha value is 0.383. The molecule has 0 saturated carbocycles. The van der Waals surface area contributed by atoms with Crippen LogP contribution in [0.4, 0.5) is 0 Å². The van der Waals surface area contributed by atoms with Crippen LogP contribution >= 0.6 is 0 Å². The van der Waals surface area contributed by atoms with Crippen LogP contribution in [-0.2, 0) is 15.1 Å². The van der Waals surface area contributed by atoms with Crippen LogP contribution in [0.2, 0.25) is 0 Å². The summed E-state index contributed by atoms with van der Waals surface area (Å²) in [5.41, 5.74) is 0. The molecule has 2 saturated heterocycles. The first kappa shape index (κ1) is 9.92. The monoisotopic (exact) mass is 250 g/mol. The van der Waals surface area contributed by atoms with Gasteiger partial charge in [0.15, 0.2) is 0 Å². The molecule has 4 atom stereocenters. The molecule has 4 nitrogen and oxygen atoms in total. The van der Waals surface area contributed by atoms with Crippen molar-refractivity contribution in [3.8, 4) is 0 Å². The van der Waals surface area contributed by atoms with Gasteiger partial charge in [-0.2, -0.15) is 0 Å². The number of rotatable bonds is 0. The van der Waals surface area contributed by atoms with E-state index in [1.165, 1.54) is 0 Å². The number of hydrogen-bond donors (Lipinski definition) is 0. The van der Waals surface area contributed by atoms with E-state index >= 15 is 0 Å². The van der Waals surface area contributed by atoms with Crippen molar-refractivity contribution in [3.63, 3.8) is 0 Å². The minimum absolute atomic E-state index is 0.0949. The SMILES string of the molecule is CC1[O][Ge]2([O]C1C)[O]C(C)C(C)[O]2. The molecule has 0 aromatic rings. The van der Waals surface area contributed by atoms with Gasteiger partial charge in [0.2, 0.25) is 0 Å². The standard InChI is InChI=1S/C8H16GeO4/c1-5-6(2)11-9(10-5)12-7(3)8(4)13-9/h5-8H,1-4H3. The molecule has 2 aliphatic heterocycles. The molecule has 0 bridgehead atoms. The molecule has 2 rings (SSSR count). The van der Waals surface area contributed by atoms with Crippen LogP contribution in [-0.4, -0.2) is 39.0 Å². The predicted molar refractivity (Wildman–Crippen MR) is 47.9 cm³/mol. The molecule has 13 heavy (non-hydrogen) atoms. The van der Waals surface area contributed by atoms with Crippen molar-refractivity contribution in [1.82, 2.24) is 0 Å². The van der Waals surface area contributed by atoms with Gasteiger partial charge >= 0.3 is 81.8 Å². The van der Waals surface area contributed by atoms with Crippen LogP contribution < -0.4 is 0 Å². The van der Waals surface area contributed by atoms with E-state index in [0.717, 1.165) is 0 Å². The van der Waals surface area contributed by atoms with Crippen LogP contribution in [0.1, 0.15) is 27.7 Å². The number of hydrogen-bond acceptors (Lipinski definition) is 4. The Balaban J connectivity index is 2.08. The fourth-order valence-electron chi connectivity index (χ4n) is 1.46. The van der Waals surface area contributed by atoms with E-state index in [1.807, 2.05) is 27.7 Å². The van der Waals surface area contributed by atoms with Gasteiger partial charge in [-0.05, 0) is 0 Å². The van der Waals surface area contributed by atoms with Crippen LogP contribution in [0.15, 0.2) is 0 Å². The molecular formula is C8H16GeO4. The maximum absolute atomic E-state index is 5.68. The summed E-state index contributed by atoms with van der Waals surface area (Å²) in [5.74, 6) is 0. The summed E-state index contributed by atoms with van der Waals surface area (Å²) in [6.07, 6.45) is 0.380. The van der Waals surface area contributed by atoms with Gasteiger partial charge < -0.3 is 0 Å². The molecule has 4 unspecified atom stereocenters. The second-order valence-electron chi connectivity index (χ2n) is 3.79. The maximum atomic E-state index is 5.68. The van der Waals surface area contributed by atoms with Crippen molar-refractivity contribution < 1.29 is 15.1 Å². The topological polar surface area (TPSA) is 36.9 Å². The van der Waals surface area contributed by atoms with Gasteiger partial charge in [-0.25, -0.2) is 0 Å². The van der Waals surface area contributed by atoms with Crippen molar-refractivity contribution in [3.05, 3.63) is 0 Å². The second kappa shape index (κ2) is 3.20. The summed E-state index contributed by atoms with van der Waals surface area (Å²) in [6, 6.07) is 0. The summed E-state index contributed by atoms with van der Waals surface area (Å²) < 4.78 is 22.7. The Morgan fingerprint density at radius 3 is 1.08 bits per heavy atom. The van der Waals surface area contributed by atoms with Crippen molar-refractivity contribution in [1.29, 1.82) is 0 Å². The Labute approximate surface area is 82.2 Å². The average Bonchev–Trinajstić information content (AvgIpc) is 2.39. The van der Waals surface area contributed by atoms with Gasteiger partial charge in [-0.1, -0.05) is 0 Å². The van der Waals surface area contributed by atoms with Crippen molar-refractivity contribution in [2.45, 2.75) is 52.1 Å². The molecule has 0 aliphatic carbocycles. The van der Waals surface area contributed by atoms with E-state index in [-0.39, 0.29) is 24.4 Å². The summed E-state index contributed by atoms with van der Waals surface area (Å²) in [5, 5.41) is 0. The molecule has 0 amide bonds. The minimum atomic E-state index is -3.25. The summed E-state index contributed by atoms with van der Waals surface area (Å²) in [7, 11) is 0. The van der Waals surface area contributed by atoms with Gasteiger partial charge in [0.1, 0.15) is 0 Å². The summed E-state index contributed by atoms with van der Waals surface area (Å²) in [4.78, 5) is 0. The van der Waals surface area contributed by atoms with E-state index in [0.29, 0.717) is 0 Å². The first-order valence-corrected chi connectivity index (χ1v) is 8.16. The zero-order chi connectivity index (χ0) is 9.64. The average molecular weight is 249 g/mol. The first-order valence-electron chi connectivity index (χ1n) is 4.74. The molecule has 0 aromatic heterocycles. The fourth-order valence-corrected chi connectivity index (χ4v) is 7.59.